The molecule has 5 nitrogen and oxygen atoms in total. The molecule has 0 unspecified atom stereocenters. The number of amides is 1. The summed E-state index contributed by atoms with van der Waals surface area (Å²) in [6.07, 6.45) is -0.179. The van der Waals surface area contributed by atoms with E-state index >= 15 is 0 Å². The maximum Gasteiger partial charge on any atom is 0.311 e. The van der Waals surface area contributed by atoms with Gasteiger partial charge in [0.15, 0.2) is 6.10 Å². The van der Waals surface area contributed by atoms with Crippen LogP contribution in [0.2, 0.25) is 5.02 Å². The van der Waals surface area contributed by atoms with E-state index in [0.717, 1.165) is 5.56 Å². The Labute approximate surface area is 158 Å². The Bertz CT molecular complexity index is 749. The third kappa shape index (κ3) is 6.08. The molecule has 0 fully saturated rings. The molecule has 0 bridgehead atoms. The molecular weight excluding hydrogens is 354 g/mol. The van der Waals surface area contributed by atoms with Gasteiger partial charge in [0, 0.05) is 17.1 Å². The first kappa shape index (κ1) is 19.8. The van der Waals surface area contributed by atoms with Gasteiger partial charge in [-0.3, -0.25) is 9.59 Å². The fourth-order valence-corrected chi connectivity index (χ4v) is 2.65. The van der Waals surface area contributed by atoms with Crippen LogP contribution in [0.15, 0.2) is 48.5 Å². The second-order valence-corrected chi connectivity index (χ2v) is 6.23. The van der Waals surface area contributed by atoms with Crippen LogP contribution in [0.4, 0.5) is 0 Å². The van der Waals surface area contributed by atoms with E-state index in [2.05, 4.69) is 5.32 Å². The van der Waals surface area contributed by atoms with Gasteiger partial charge < -0.3 is 14.8 Å². The predicted octanol–water partition coefficient (Wildman–Crippen LogP) is 3.18. The van der Waals surface area contributed by atoms with Gasteiger partial charge in [0.25, 0.3) is 5.91 Å². The van der Waals surface area contributed by atoms with Gasteiger partial charge in [-0.25, -0.2) is 0 Å². The molecule has 0 aromatic heterocycles. The van der Waals surface area contributed by atoms with Crippen LogP contribution >= 0.6 is 11.6 Å². The van der Waals surface area contributed by atoms with E-state index in [-0.39, 0.29) is 12.3 Å². The first-order valence-corrected chi connectivity index (χ1v) is 8.71. The monoisotopic (exact) mass is 375 g/mol. The van der Waals surface area contributed by atoms with E-state index in [1.165, 1.54) is 7.11 Å². The van der Waals surface area contributed by atoms with E-state index in [4.69, 9.17) is 21.1 Å². The Morgan fingerprint density at radius 1 is 1.15 bits per heavy atom. The molecule has 0 saturated carbocycles. The maximum atomic E-state index is 12.1. The molecule has 1 atom stereocenters. The summed E-state index contributed by atoms with van der Waals surface area (Å²) in [6, 6.07) is 14.8. The summed E-state index contributed by atoms with van der Waals surface area (Å²) in [5.41, 5.74) is 1.74. The zero-order valence-corrected chi connectivity index (χ0v) is 15.6. The number of halogens is 1. The minimum atomic E-state index is -0.872. The summed E-state index contributed by atoms with van der Waals surface area (Å²) in [7, 11) is 1.51. The minimum Gasteiger partial charge on any atom is -0.496 e. The quantitative estimate of drug-likeness (QED) is 0.720. The van der Waals surface area contributed by atoms with Crippen LogP contribution in [0.25, 0.3) is 0 Å². The van der Waals surface area contributed by atoms with Crippen molar-refractivity contribution in [2.24, 2.45) is 0 Å². The number of carbonyl (C=O) groups excluding carboxylic acids is 2. The van der Waals surface area contributed by atoms with Crippen LogP contribution < -0.4 is 10.1 Å². The van der Waals surface area contributed by atoms with Crippen molar-refractivity contribution in [3.05, 3.63) is 64.7 Å². The molecule has 0 aliphatic rings. The number of rotatable bonds is 8. The lowest BCUT2D eigenvalue weighted by Crippen LogP contribution is -2.37. The van der Waals surface area contributed by atoms with Gasteiger partial charge in [0.2, 0.25) is 0 Å². The zero-order chi connectivity index (χ0) is 18.9. The summed E-state index contributed by atoms with van der Waals surface area (Å²) < 4.78 is 10.4. The lowest BCUT2D eigenvalue weighted by Gasteiger charge is -2.14. The molecule has 0 radical (unpaired) electrons. The normalized spacial score (nSPS) is 11.5. The fraction of sp³-hybridized carbons (Fsp3) is 0.300. The summed E-state index contributed by atoms with van der Waals surface area (Å²) in [6.45, 7) is 2.03. The molecule has 0 aliphatic heterocycles. The van der Waals surface area contributed by atoms with E-state index in [9.17, 15) is 9.59 Å². The third-order valence-corrected chi connectivity index (χ3v) is 4.05. The SMILES string of the molecule is COc1ccc(Cl)cc1CC(=O)O[C@H](C)C(=O)NCCc1ccccc1. The first-order chi connectivity index (χ1) is 12.5. The fourth-order valence-electron chi connectivity index (χ4n) is 2.45. The third-order valence-electron chi connectivity index (χ3n) is 3.81. The maximum absolute atomic E-state index is 12.1. The summed E-state index contributed by atoms with van der Waals surface area (Å²) in [4.78, 5) is 24.2. The van der Waals surface area contributed by atoms with Crippen molar-refractivity contribution in [1.29, 1.82) is 0 Å². The number of carbonyl (C=O) groups is 2. The van der Waals surface area contributed by atoms with Crippen LogP contribution in [0.1, 0.15) is 18.1 Å². The first-order valence-electron chi connectivity index (χ1n) is 8.33. The van der Waals surface area contributed by atoms with E-state index in [1.807, 2.05) is 30.3 Å². The molecular formula is C20H22ClNO4. The molecule has 6 heteroatoms. The molecule has 0 aliphatic carbocycles. The highest BCUT2D eigenvalue weighted by Gasteiger charge is 2.19. The van der Waals surface area contributed by atoms with Gasteiger partial charge in [-0.15, -0.1) is 0 Å². The van der Waals surface area contributed by atoms with Crippen LogP contribution in [-0.4, -0.2) is 31.6 Å². The molecule has 2 aromatic carbocycles. The lowest BCUT2D eigenvalue weighted by molar-refractivity contribution is -0.154. The van der Waals surface area contributed by atoms with Crippen LogP contribution in [0, 0.1) is 0 Å². The second kappa shape index (κ2) is 9.82. The summed E-state index contributed by atoms with van der Waals surface area (Å²) in [5.74, 6) is -0.296. The molecule has 2 rings (SSSR count). The average Bonchev–Trinajstić information content (AvgIpc) is 2.62. The standard InChI is InChI=1S/C20H22ClNO4/c1-14(20(24)22-11-10-15-6-4-3-5-7-15)26-19(23)13-16-12-17(21)8-9-18(16)25-2/h3-9,12,14H,10-11,13H2,1-2H3,(H,22,24)/t14-/m1/s1. The van der Waals surface area contributed by atoms with Crippen molar-refractivity contribution < 1.29 is 19.1 Å². The lowest BCUT2D eigenvalue weighted by atomic mass is 10.1. The van der Waals surface area contributed by atoms with Crippen LogP contribution in [0.3, 0.4) is 0 Å². The van der Waals surface area contributed by atoms with Crippen molar-refractivity contribution in [1.82, 2.24) is 5.32 Å². The average molecular weight is 376 g/mol. The van der Waals surface area contributed by atoms with Crippen molar-refractivity contribution in [3.8, 4) is 5.75 Å². The largest absolute Gasteiger partial charge is 0.496 e. The van der Waals surface area contributed by atoms with Gasteiger partial charge >= 0.3 is 5.97 Å². The smallest absolute Gasteiger partial charge is 0.311 e. The van der Waals surface area contributed by atoms with Gasteiger partial charge in [0.1, 0.15) is 5.75 Å². The Morgan fingerprint density at radius 2 is 1.88 bits per heavy atom. The number of nitrogens with one attached hydrogen (secondary N) is 1. The van der Waals surface area contributed by atoms with Crippen molar-refractivity contribution in [3.63, 3.8) is 0 Å². The Kier molecular flexibility index (Phi) is 7.48. The number of hydrogen-bond acceptors (Lipinski definition) is 4. The predicted molar refractivity (Wildman–Crippen MR) is 100 cm³/mol. The Morgan fingerprint density at radius 3 is 2.58 bits per heavy atom. The van der Waals surface area contributed by atoms with E-state index in [0.29, 0.717) is 29.3 Å². The van der Waals surface area contributed by atoms with E-state index in [1.54, 1.807) is 25.1 Å². The Balaban J connectivity index is 1.80. The number of ether oxygens (including phenoxy) is 2. The molecule has 138 valence electrons. The number of esters is 1. The highest BCUT2D eigenvalue weighted by atomic mass is 35.5. The Hall–Kier alpha value is -2.53. The highest BCUT2D eigenvalue weighted by Crippen LogP contribution is 2.23. The molecule has 0 spiro atoms. The number of methoxy groups -OCH3 is 1. The minimum absolute atomic E-state index is 0.0225. The molecule has 0 saturated heterocycles. The molecule has 0 heterocycles. The summed E-state index contributed by atoms with van der Waals surface area (Å²) >= 11 is 5.95. The van der Waals surface area contributed by atoms with Crippen molar-refractivity contribution >= 4 is 23.5 Å². The van der Waals surface area contributed by atoms with Gasteiger partial charge in [0.05, 0.1) is 13.5 Å². The number of hydrogen-bond donors (Lipinski definition) is 1. The molecule has 1 N–H and O–H groups in total. The molecule has 26 heavy (non-hydrogen) atoms. The summed E-state index contributed by atoms with van der Waals surface area (Å²) in [5, 5.41) is 3.27. The highest BCUT2D eigenvalue weighted by molar-refractivity contribution is 6.30. The topological polar surface area (TPSA) is 64.6 Å². The zero-order valence-electron chi connectivity index (χ0n) is 14.8. The van der Waals surface area contributed by atoms with Crippen molar-refractivity contribution in [2.45, 2.75) is 25.9 Å². The van der Waals surface area contributed by atoms with E-state index < -0.39 is 12.1 Å². The van der Waals surface area contributed by atoms with Crippen LogP contribution in [-0.2, 0) is 27.2 Å². The number of benzene rings is 2. The van der Waals surface area contributed by atoms with Gasteiger partial charge in [-0.1, -0.05) is 41.9 Å². The van der Waals surface area contributed by atoms with Crippen molar-refractivity contribution in [2.75, 3.05) is 13.7 Å². The van der Waals surface area contributed by atoms with Crippen LogP contribution in [0.5, 0.6) is 5.75 Å². The van der Waals surface area contributed by atoms with Gasteiger partial charge in [-0.2, -0.15) is 0 Å². The molecule has 2 aromatic rings. The molecule has 1 amide bonds. The van der Waals surface area contributed by atoms with Gasteiger partial charge in [-0.05, 0) is 37.1 Å². The second-order valence-electron chi connectivity index (χ2n) is 5.79.